The van der Waals surface area contributed by atoms with Crippen LogP contribution in [0.4, 0.5) is 0 Å². The van der Waals surface area contributed by atoms with Crippen LogP contribution in [0.3, 0.4) is 0 Å². The molecule has 2 rings (SSSR count). The number of hydrogen-bond acceptors (Lipinski definition) is 2. The maximum Gasteiger partial charge on any atom is 0.338 e. The highest BCUT2D eigenvalue weighted by molar-refractivity contribution is 9.10. The minimum Gasteiger partial charge on any atom is -0.478 e. The summed E-state index contributed by atoms with van der Waals surface area (Å²) >= 11 is 3.23. The second-order valence-electron chi connectivity index (χ2n) is 2.56. The minimum atomic E-state index is -0.974. The lowest BCUT2D eigenvalue weighted by molar-refractivity contribution is 0.0699. The number of carboxylic acid groups (broad SMARTS) is 1. The maximum absolute atomic E-state index is 10.8. The van der Waals surface area contributed by atoms with Gasteiger partial charge >= 0.3 is 5.97 Å². The molecule has 14 heavy (non-hydrogen) atoms. The number of H-pyrrole nitrogens is 1. The fourth-order valence-electron chi connectivity index (χ4n) is 1.18. The number of benzene rings is 1. The number of nitrogens with zero attached hydrogens (tertiary/aromatic N) is 1. The van der Waals surface area contributed by atoms with Gasteiger partial charge in [-0.2, -0.15) is 0 Å². The standard InChI is InChI=1S/C8H5BrN2O2.ClH/c9-4-1-5(8(12)13)7-6(2-4)10-3-11-7;/h1-3H,(H,10,11)(H,12,13);1H. The number of aromatic nitrogens is 2. The molecule has 2 N–H and O–H groups in total. The van der Waals surface area contributed by atoms with Gasteiger partial charge in [-0.05, 0) is 12.1 Å². The topological polar surface area (TPSA) is 66.0 Å². The number of carbonyl (C=O) groups is 1. The Labute approximate surface area is 93.9 Å². The van der Waals surface area contributed by atoms with Crippen molar-refractivity contribution in [3.8, 4) is 0 Å². The van der Waals surface area contributed by atoms with Crippen molar-refractivity contribution >= 4 is 45.3 Å². The number of fused-ring (bicyclic) bond motifs is 1. The molecule has 0 unspecified atom stereocenters. The van der Waals surface area contributed by atoms with E-state index in [4.69, 9.17) is 5.11 Å². The molecule has 4 nitrogen and oxygen atoms in total. The van der Waals surface area contributed by atoms with E-state index in [1.807, 2.05) is 0 Å². The summed E-state index contributed by atoms with van der Waals surface area (Å²) in [4.78, 5) is 17.6. The summed E-state index contributed by atoms with van der Waals surface area (Å²) in [5.74, 6) is -0.974. The SMILES string of the molecule is Cl.O=C(O)c1cc(Br)cc2[nH]cnc12. The zero-order valence-electron chi connectivity index (χ0n) is 6.82. The number of hydrogen-bond donors (Lipinski definition) is 2. The Balaban J connectivity index is 0.000000980. The normalized spacial score (nSPS) is 9.79. The molecule has 0 amide bonds. The summed E-state index contributed by atoms with van der Waals surface area (Å²) in [6.45, 7) is 0. The van der Waals surface area contributed by atoms with Crippen molar-refractivity contribution in [2.24, 2.45) is 0 Å². The lowest BCUT2D eigenvalue weighted by Crippen LogP contribution is -1.97. The molecular formula is C8H6BrClN2O2. The zero-order chi connectivity index (χ0) is 9.42. The maximum atomic E-state index is 10.8. The molecular weight excluding hydrogens is 271 g/mol. The average Bonchev–Trinajstić information content (AvgIpc) is 2.49. The Bertz CT molecular complexity index is 483. The van der Waals surface area contributed by atoms with E-state index in [9.17, 15) is 4.79 Å². The quantitative estimate of drug-likeness (QED) is 0.841. The highest BCUT2D eigenvalue weighted by atomic mass is 79.9. The lowest BCUT2D eigenvalue weighted by Gasteiger charge is -1.96. The van der Waals surface area contributed by atoms with Gasteiger partial charge in [-0.15, -0.1) is 12.4 Å². The molecule has 0 spiro atoms. The first kappa shape index (κ1) is 11.0. The molecule has 0 saturated carbocycles. The predicted molar refractivity (Wildman–Crippen MR) is 58.0 cm³/mol. The van der Waals surface area contributed by atoms with E-state index in [1.165, 1.54) is 12.4 Å². The van der Waals surface area contributed by atoms with Gasteiger partial charge in [0.05, 0.1) is 17.4 Å². The van der Waals surface area contributed by atoms with Crippen LogP contribution in [0.1, 0.15) is 10.4 Å². The highest BCUT2D eigenvalue weighted by Crippen LogP contribution is 2.21. The van der Waals surface area contributed by atoms with Gasteiger partial charge < -0.3 is 10.1 Å². The zero-order valence-corrected chi connectivity index (χ0v) is 9.22. The Morgan fingerprint density at radius 1 is 1.50 bits per heavy atom. The molecule has 0 atom stereocenters. The highest BCUT2D eigenvalue weighted by Gasteiger charge is 2.11. The number of rotatable bonds is 1. The second kappa shape index (κ2) is 3.98. The summed E-state index contributed by atoms with van der Waals surface area (Å²) in [7, 11) is 0. The van der Waals surface area contributed by atoms with Gasteiger partial charge in [-0.3, -0.25) is 0 Å². The number of aromatic carboxylic acids is 1. The van der Waals surface area contributed by atoms with Crippen molar-refractivity contribution in [2.75, 3.05) is 0 Å². The molecule has 0 bridgehead atoms. The van der Waals surface area contributed by atoms with E-state index >= 15 is 0 Å². The number of aromatic amines is 1. The van der Waals surface area contributed by atoms with Crippen LogP contribution in [0.2, 0.25) is 0 Å². The van der Waals surface area contributed by atoms with E-state index in [1.54, 1.807) is 6.07 Å². The van der Waals surface area contributed by atoms with Gasteiger partial charge in [-0.25, -0.2) is 9.78 Å². The number of imidazole rings is 1. The third kappa shape index (κ3) is 1.73. The van der Waals surface area contributed by atoms with Gasteiger partial charge in [-0.1, -0.05) is 15.9 Å². The third-order valence-corrected chi connectivity index (χ3v) is 2.18. The fourth-order valence-corrected chi connectivity index (χ4v) is 1.64. The van der Waals surface area contributed by atoms with Gasteiger partial charge in [0.1, 0.15) is 5.52 Å². The first-order chi connectivity index (χ1) is 6.18. The fraction of sp³-hybridized carbons (Fsp3) is 0. The molecule has 6 heteroatoms. The molecule has 0 aliphatic rings. The summed E-state index contributed by atoms with van der Waals surface area (Å²) in [6, 6.07) is 3.32. The van der Waals surface area contributed by atoms with Crippen molar-refractivity contribution in [1.29, 1.82) is 0 Å². The van der Waals surface area contributed by atoms with E-state index in [0.717, 1.165) is 4.47 Å². The summed E-state index contributed by atoms with van der Waals surface area (Å²) in [6.07, 6.45) is 1.48. The first-order valence-corrected chi connectivity index (χ1v) is 4.33. The number of carboxylic acids is 1. The van der Waals surface area contributed by atoms with Crippen LogP contribution in [0.15, 0.2) is 22.9 Å². The van der Waals surface area contributed by atoms with E-state index in [0.29, 0.717) is 11.0 Å². The lowest BCUT2D eigenvalue weighted by atomic mass is 10.2. The van der Waals surface area contributed by atoms with Crippen LogP contribution in [0.25, 0.3) is 11.0 Å². The smallest absolute Gasteiger partial charge is 0.338 e. The molecule has 1 heterocycles. The number of nitrogens with one attached hydrogen (secondary N) is 1. The van der Waals surface area contributed by atoms with Crippen LogP contribution in [0, 0.1) is 0 Å². The Kier molecular flexibility index (Phi) is 3.13. The summed E-state index contributed by atoms with van der Waals surface area (Å²) < 4.78 is 0.724. The van der Waals surface area contributed by atoms with Gasteiger partial charge in [0.25, 0.3) is 0 Å². The molecule has 2 aromatic rings. The van der Waals surface area contributed by atoms with Gasteiger partial charge in [0.2, 0.25) is 0 Å². The van der Waals surface area contributed by atoms with Gasteiger partial charge in [0, 0.05) is 4.47 Å². The average molecular weight is 278 g/mol. The molecule has 0 radical (unpaired) electrons. The predicted octanol–water partition coefficient (Wildman–Crippen LogP) is 2.45. The van der Waals surface area contributed by atoms with Crippen LogP contribution in [-0.2, 0) is 0 Å². The first-order valence-electron chi connectivity index (χ1n) is 3.54. The monoisotopic (exact) mass is 276 g/mol. The second-order valence-corrected chi connectivity index (χ2v) is 3.47. The molecule has 0 fully saturated rings. The Morgan fingerprint density at radius 2 is 2.21 bits per heavy atom. The summed E-state index contributed by atoms with van der Waals surface area (Å²) in [5.41, 5.74) is 1.40. The Hall–Kier alpha value is -1.07. The summed E-state index contributed by atoms with van der Waals surface area (Å²) in [5, 5.41) is 8.85. The molecule has 74 valence electrons. The molecule has 0 aliphatic carbocycles. The minimum absolute atomic E-state index is 0. The van der Waals surface area contributed by atoms with Crippen molar-refractivity contribution < 1.29 is 9.90 Å². The Morgan fingerprint density at radius 3 is 2.86 bits per heavy atom. The van der Waals surface area contributed by atoms with Crippen molar-refractivity contribution in [2.45, 2.75) is 0 Å². The van der Waals surface area contributed by atoms with Crippen molar-refractivity contribution in [3.63, 3.8) is 0 Å². The molecule has 0 saturated heterocycles. The van der Waals surface area contributed by atoms with Crippen LogP contribution >= 0.6 is 28.3 Å². The molecule has 0 aliphatic heterocycles. The molecule has 1 aromatic heterocycles. The van der Waals surface area contributed by atoms with Crippen molar-refractivity contribution in [3.05, 3.63) is 28.5 Å². The van der Waals surface area contributed by atoms with Crippen LogP contribution in [0.5, 0.6) is 0 Å². The third-order valence-electron chi connectivity index (χ3n) is 1.72. The van der Waals surface area contributed by atoms with Crippen LogP contribution in [-0.4, -0.2) is 21.0 Å². The number of halogens is 2. The van der Waals surface area contributed by atoms with E-state index in [2.05, 4.69) is 25.9 Å². The van der Waals surface area contributed by atoms with E-state index in [-0.39, 0.29) is 18.0 Å². The van der Waals surface area contributed by atoms with Crippen molar-refractivity contribution in [1.82, 2.24) is 9.97 Å². The van der Waals surface area contributed by atoms with Gasteiger partial charge in [0.15, 0.2) is 0 Å². The van der Waals surface area contributed by atoms with E-state index < -0.39 is 5.97 Å². The van der Waals surface area contributed by atoms with Crippen LogP contribution < -0.4 is 0 Å². The molecule has 1 aromatic carbocycles. The largest absolute Gasteiger partial charge is 0.478 e.